The number of halogens is 3. The molecular formula is C43H17F3N8. The third kappa shape index (κ3) is 4.95. The summed E-state index contributed by atoms with van der Waals surface area (Å²) in [6, 6.07) is 34.5. The zero-order chi connectivity index (χ0) is 37.9. The van der Waals surface area contributed by atoms with Crippen molar-refractivity contribution in [2.75, 3.05) is 0 Å². The van der Waals surface area contributed by atoms with Gasteiger partial charge in [0.05, 0.1) is 87.0 Å². The van der Waals surface area contributed by atoms with Crippen LogP contribution in [-0.2, 0) is 6.18 Å². The molecule has 0 aliphatic heterocycles. The molecule has 11 heteroatoms. The van der Waals surface area contributed by atoms with Crippen LogP contribution in [0.4, 0.5) is 24.5 Å². The number of hydrogen-bond donors (Lipinski definition) is 0. The average Bonchev–Trinajstić information content (AvgIpc) is 3.70. The van der Waals surface area contributed by atoms with E-state index in [0.717, 1.165) is 6.07 Å². The molecule has 0 saturated carbocycles. The summed E-state index contributed by atoms with van der Waals surface area (Å²) >= 11 is 0. The van der Waals surface area contributed by atoms with Gasteiger partial charge < -0.3 is 9.13 Å². The first-order chi connectivity index (χ1) is 26.1. The van der Waals surface area contributed by atoms with Gasteiger partial charge in [0.2, 0.25) is 0 Å². The highest BCUT2D eigenvalue weighted by atomic mass is 19.4. The first-order valence-electron chi connectivity index (χ1n) is 16.0. The fourth-order valence-corrected chi connectivity index (χ4v) is 7.15. The van der Waals surface area contributed by atoms with Gasteiger partial charge in [-0.3, -0.25) is 0 Å². The summed E-state index contributed by atoms with van der Waals surface area (Å²) in [5.74, 6) is 0. The van der Waals surface area contributed by atoms with Crippen molar-refractivity contribution in [2.24, 2.45) is 0 Å². The molecule has 0 radical (unpaired) electrons. The predicted molar refractivity (Wildman–Crippen MR) is 197 cm³/mol. The van der Waals surface area contributed by atoms with Crippen molar-refractivity contribution in [3.05, 3.63) is 154 Å². The lowest BCUT2D eigenvalue weighted by atomic mass is 9.94. The summed E-state index contributed by atoms with van der Waals surface area (Å²) < 4.78 is 47.8. The second kappa shape index (κ2) is 12.2. The molecule has 8 nitrogen and oxygen atoms in total. The Bertz CT molecular complexity index is 2920. The van der Waals surface area contributed by atoms with Crippen LogP contribution >= 0.6 is 0 Å². The molecule has 0 saturated heterocycles. The van der Waals surface area contributed by atoms with Gasteiger partial charge in [-0.25, -0.2) is 9.69 Å². The van der Waals surface area contributed by atoms with E-state index < -0.39 is 11.7 Å². The number of benzene rings is 6. The molecule has 8 rings (SSSR count). The number of hydrogen-bond acceptors (Lipinski definition) is 4. The van der Waals surface area contributed by atoms with Crippen LogP contribution in [0.25, 0.3) is 75.8 Å². The number of fused-ring (bicyclic) bond motifs is 6. The molecule has 250 valence electrons. The van der Waals surface area contributed by atoms with Crippen LogP contribution in [0.3, 0.4) is 0 Å². The van der Waals surface area contributed by atoms with Crippen molar-refractivity contribution in [3.8, 4) is 46.8 Å². The number of alkyl halides is 3. The van der Waals surface area contributed by atoms with E-state index >= 15 is 0 Å². The third-order valence-corrected chi connectivity index (χ3v) is 9.47. The Morgan fingerprint density at radius 1 is 0.500 bits per heavy atom. The van der Waals surface area contributed by atoms with E-state index in [1.54, 1.807) is 88.0 Å². The fraction of sp³-hybridized carbons (Fsp3) is 0.0233. The molecule has 8 aromatic rings. The standard InChI is InChI=1S/C43H17F3N8/c1-51-28-6-11-39-33(18-28)34-19-29(52-2)7-12-40(34)54(39)42-17-27(30-8-3-26(22-49)15-36(30)43(44,45)46)16-41(35(42)23-50)53-37-9-4-24(20-47)13-31(37)32-14-25(21-48)5-10-38(32)53/h3-19H. The largest absolute Gasteiger partial charge is 0.417 e. The third-order valence-electron chi connectivity index (χ3n) is 9.47. The van der Waals surface area contributed by atoms with Gasteiger partial charge in [-0.1, -0.05) is 18.2 Å². The van der Waals surface area contributed by atoms with E-state index in [0.29, 0.717) is 66.1 Å². The lowest BCUT2D eigenvalue weighted by Gasteiger charge is -2.20. The smallest absolute Gasteiger partial charge is 0.308 e. The van der Waals surface area contributed by atoms with Crippen molar-refractivity contribution < 1.29 is 13.2 Å². The van der Waals surface area contributed by atoms with Crippen LogP contribution in [0.1, 0.15) is 27.8 Å². The highest BCUT2D eigenvalue weighted by Gasteiger charge is 2.35. The molecule has 0 N–H and O–H groups in total. The first kappa shape index (κ1) is 32.8. The molecule has 0 aliphatic carbocycles. The van der Waals surface area contributed by atoms with Crippen LogP contribution in [0.15, 0.2) is 103 Å². The minimum absolute atomic E-state index is 0.0794. The lowest BCUT2D eigenvalue weighted by molar-refractivity contribution is -0.137. The van der Waals surface area contributed by atoms with Crippen LogP contribution in [0.5, 0.6) is 0 Å². The maximum atomic E-state index is 14.8. The van der Waals surface area contributed by atoms with Crippen LogP contribution in [0.2, 0.25) is 0 Å². The summed E-state index contributed by atoms with van der Waals surface area (Å²) in [7, 11) is 0. The molecule has 0 bridgehead atoms. The SMILES string of the molecule is [C-]#[N+]c1ccc2c(c1)c1cc([N+]#[C-])ccc1n2-c1cc(-c2ccc(C#N)cc2C(F)(F)F)cc(-n2c3ccc(C#N)cc3c3cc(C#N)ccc32)c1C#N. The van der Waals surface area contributed by atoms with Crippen LogP contribution in [-0.4, -0.2) is 9.13 Å². The Morgan fingerprint density at radius 3 is 1.31 bits per heavy atom. The summed E-state index contributed by atoms with van der Waals surface area (Å²) in [6.07, 6.45) is -4.86. The van der Waals surface area contributed by atoms with Gasteiger partial charge in [0, 0.05) is 10.8 Å². The molecule has 2 heterocycles. The topological polar surface area (TPSA) is 114 Å². The van der Waals surface area contributed by atoms with Gasteiger partial charge in [-0.15, -0.1) is 0 Å². The number of nitrogens with zero attached hydrogens (tertiary/aromatic N) is 8. The minimum Gasteiger partial charge on any atom is -0.308 e. The van der Waals surface area contributed by atoms with Crippen molar-refractivity contribution in [3.63, 3.8) is 0 Å². The Morgan fingerprint density at radius 2 is 0.907 bits per heavy atom. The molecule has 0 unspecified atom stereocenters. The van der Waals surface area contributed by atoms with E-state index in [9.17, 15) is 34.2 Å². The number of rotatable bonds is 3. The Labute approximate surface area is 304 Å². The normalized spacial score (nSPS) is 11.1. The molecule has 2 aromatic heterocycles. The average molecular weight is 703 g/mol. The Kier molecular flexibility index (Phi) is 7.39. The van der Waals surface area contributed by atoms with Gasteiger partial charge in [0.25, 0.3) is 0 Å². The zero-order valence-electron chi connectivity index (χ0n) is 27.5. The molecular weight excluding hydrogens is 686 g/mol. The van der Waals surface area contributed by atoms with E-state index in [1.807, 2.05) is 0 Å². The molecule has 0 atom stereocenters. The highest BCUT2D eigenvalue weighted by Crippen LogP contribution is 2.44. The maximum absolute atomic E-state index is 14.8. The van der Waals surface area contributed by atoms with Crippen molar-refractivity contribution in [2.45, 2.75) is 6.18 Å². The van der Waals surface area contributed by atoms with Crippen molar-refractivity contribution in [1.29, 1.82) is 21.0 Å². The fourth-order valence-electron chi connectivity index (χ4n) is 7.15. The van der Waals surface area contributed by atoms with Crippen molar-refractivity contribution in [1.82, 2.24) is 9.13 Å². The highest BCUT2D eigenvalue weighted by molar-refractivity contribution is 6.13. The van der Waals surface area contributed by atoms with Crippen molar-refractivity contribution >= 4 is 55.0 Å². The zero-order valence-corrected chi connectivity index (χ0v) is 27.5. The van der Waals surface area contributed by atoms with E-state index in [2.05, 4.69) is 27.9 Å². The summed E-state index contributed by atoms with van der Waals surface area (Å²) in [5.41, 5.74) is 2.59. The van der Waals surface area contributed by atoms with Gasteiger partial charge in [-0.2, -0.15) is 34.2 Å². The first-order valence-corrected chi connectivity index (χ1v) is 16.0. The monoisotopic (exact) mass is 702 g/mol. The second-order valence-electron chi connectivity index (χ2n) is 12.4. The number of nitriles is 4. The minimum atomic E-state index is -4.86. The van der Waals surface area contributed by atoms with Gasteiger partial charge >= 0.3 is 6.18 Å². The quantitative estimate of drug-likeness (QED) is 0.170. The summed E-state index contributed by atoms with van der Waals surface area (Å²) in [5, 5.41) is 42.4. The summed E-state index contributed by atoms with van der Waals surface area (Å²) in [4.78, 5) is 7.14. The van der Waals surface area contributed by atoms with E-state index in [4.69, 9.17) is 13.1 Å². The predicted octanol–water partition coefficient (Wildman–Crippen LogP) is 11.2. The Balaban J connectivity index is 1.59. The number of aromatic nitrogens is 2. The molecule has 0 fully saturated rings. The molecule has 54 heavy (non-hydrogen) atoms. The van der Waals surface area contributed by atoms with Crippen LogP contribution < -0.4 is 0 Å². The second-order valence-corrected chi connectivity index (χ2v) is 12.4. The van der Waals surface area contributed by atoms with E-state index in [-0.39, 0.29) is 33.6 Å². The summed E-state index contributed by atoms with van der Waals surface area (Å²) in [6.45, 7) is 15.3. The maximum Gasteiger partial charge on any atom is 0.417 e. The van der Waals surface area contributed by atoms with Crippen LogP contribution in [0, 0.1) is 58.5 Å². The van der Waals surface area contributed by atoms with E-state index in [1.165, 1.54) is 24.3 Å². The molecule has 0 aliphatic rings. The van der Waals surface area contributed by atoms with Gasteiger partial charge in [-0.05, 0) is 107 Å². The van der Waals surface area contributed by atoms with Gasteiger partial charge in [0.1, 0.15) is 11.6 Å². The molecule has 0 amide bonds. The Hall–Kier alpha value is -8.35. The molecule has 6 aromatic carbocycles. The van der Waals surface area contributed by atoms with Gasteiger partial charge in [0.15, 0.2) is 11.4 Å². The molecule has 0 spiro atoms. The lowest BCUT2D eigenvalue weighted by Crippen LogP contribution is -2.09.